The normalized spacial score (nSPS) is 15.3. The van der Waals surface area contributed by atoms with Crippen LogP contribution < -0.4 is 4.74 Å². The van der Waals surface area contributed by atoms with Crippen LogP contribution in [0.3, 0.4) is 0 Å². The number of piperidine rings is 1. The second-order valence-electron chi connectivity index (χ2n) is 6.39. The number of rotatable bonds is 4. The van der Waals surface area contributed by atoms with Crippen molar-refractivity contribution in [3.05, 3.63) is 65.2 Å². The summed E-state index contributed by atoms with van der Waals surface area (Å²) in [5, 5.41) is 0. The van der Waals surface area contributed by atoms with Crippen LogP contribution in [0.4, 0.5) is 0 Å². The maximum atomic E-state index is 12.7. The quantitative estimate of drug-likeness (QED) is 0.834. The molecule has 0 aliphatic carbocycles. The van der Waals surface area contributed by atoms with Gasteiger partial charge in [-0.3, -0.25) is 4.79 Å². The van der Waals surface area contributed by atoms with Crippen LogP contribution in [0.5, 0.6) is 5.75 Å². The van der Waals surface area contributed by atoms with E-state index in [9.17, 15) is 4.79 Å². The predicted octanol–water partition coefficient (Wildman–Crippen LogP) is 4.41. The van der Waals surface area contributed by atoms with Gasteiger partial charge >= 0.3 is 0 Å². The molecule has 1 saturated heterocycles. The van der Waals surface area contributed by atoms with Gasteiger partial charge in [0, 0.05) is 18.7 Å². The third-order valence-corrected chi connectivity index (χ3v) is 4.77. The van der Waals surface area contributed by atoms with Crippen molar-refractivity contribution in [2.45, 2.75) is 32.6 Å². The highest BCUT2D eigenvalue weighted by Crippen LogP contribution is 2.29. The maximum Gasteiger partial charge on any atom is 0.253 e. The second-order valence-corrected chi connectivity index (χ2v) is 6.39. The van der Waals surface area contributed by atoms with Crippen molar-refractivity contribution >= 4 is 5.91 Å². The summed E-state index contributed by atoms with van der Waals surface area (Å²) >= 11 is 0. The zero-order chi connectivity index (χ0) is 16.9. The van der Waals surface area contributed by atoms with E-state index in [4.69, 9.17) is 4.74 Å². The lowest BCUT2D eigenvalue weighted by molar-refractivity contribution is 0.0713. The molecule has 0 radical (unpaired) electrons. The average molecular weight is 323 g/mol. The van der Waals surface area contributed by atoms with Crippen molar-refractivity contribution < 1.29 is 9.53 Å². The molecule has 2 aromatic carbocycles. The number of likely N-dealkylation sites (tertiary alicyclic amines) is 1. The first kappa shape index (κ1) is 16.6. The Morgan fingerprint density at radius 1 is 1.12 bits per heavy atom. The molecule has 0 atom stereocenters. The molecule has 1 amide bonds. The first-order chi connectivity index (χ1) is 11.7. The van der Waals surface area contributed by atoms with Crippen molar-refractivity contribution in [1.29, 1.82) is 0 Å². The molecular weight excluding hydrogens is 298 g/mol. The molecule has 3 rings (SSSR count). The molecule has 0 unspecified atom stereocenters. The van der Waals surface area contributed by atoms with Gasteiger partial charge in [0.05, 0.1) is 6.61 Å². The number of amides is 1. The number of carbonyl (C=O) groups is 1. The molecule has 3 nitrogen and oxygen atoms in total. The van der Waals surface area contributed by atoms with Crippen LogP contribution in [0.1, 0.15) is 47.2 Å². The molecule has 1 heterocycles. The monoisotopic (exact) mass is 323 g/mol. The van der Waals surface area contributed by atoms with E-state index in [0.717, 1.165) is 42.8 Å². The van der Waals surface area contributed by atoms with Gasteiger partial charge in [-0.1, -0.05) is 30.3 Å². The highest BCUT2D eigenvalue weighted by molar-refractivity contribution is 5.94. The van der Waals surface area contributed by atoms with Crippen molar-refractivity contribution in [3.8, 4) is 5.75 Å². The Morgan fingerprint density at radius 2 is 1.83 bits per heavy atom. The van der Waals surface area contributed by atoms with Gasteiger partial charge in [0.1, 0.15) is 5.75 Å². The largest absolute Gasteiger partial charge is 0.494 e. The Hall–Kier alpha value is -2.29. The molecule has 0 bridgehead atoms. The molecule has 1 aliphatic heterocycles. The molecule has 24 heavy (non-hydrogen) atoms. The van der Waals surface area contributed by atoms with Crippen LogP contribution in [0.2, 0.25) is 0 Å². The van der Waals surface area contributed by atoms with Gasteiger partial charge in [-0.25, -0.2) is 0 Å². The van der Waals surface area contributed by atoms with Crippen LogP contribution in [-0.2, 0) is 0 Å². The lowest BCUT2D eigenvalue weighted by Gasteiger charge is -2.32. The third kappa shape index (κ3) is 3.61. The van der Waals surface area contributed by atoms with Gasteiger partial charge in [0.15, 0.2) is 0 Å². The van der Waals surface area contributed by atoms with Crippen LogP contribution in [0.25, 0.3) is 0 Å². The number of benzene rings is 2. The molecule has 3 heteroatoms. The molecule has 0 saturated carbocycles. The Morgan fingerprint density at radius 3 is 2.46 bits per heavy atom. The summed E-state index contributed by atoms with van der Waals surface area (Å²) in [6, 6.07) is 16.3. The summed E-state index contributed by atoms with van der Waals surface area (Å²) in [4.78, 5) is 14.7. The summed E-state index contributed by atoms with van der Waals surface area (Å²) in [7, 11) is 0. The van der Waals surface area contributed by atoms with Crippen molar-refractivity contribution in [2.24, 2.45) is 0 Å². The maximum absolute atomic E-state index is 12.7. The molecule has 0 aromatic heterocycles. The lowest BCUT2D eigenvalue weighted by atomic mass is 9.89. The van der Waals surface area contributed by atoms with Gasteiger partial charge in [0.2, 0.25) is 0 Å². The first-order valence-corrected chi connectivity index (χ1v) is 8.76. The van der Waals surface area contributed by atoms with Gasteiger partial charge in [-0.15, -0.1) is 0 Å². The molecule has 0 spiro atoms. The van der Waals surface area contributed by atoms with E-state index < -0.39 is 0 Å². The molecule has 1 aliphatic rings. The average Bonchev–Trinajstić information content (AvgIpc) is 2.64. The van der Waals surface area contributed by atoms with Gasteiger partial charge in [-0.05, 0) is 61.9 Å². The lowest BCUT2D eigenvalue weighted by Crippen LogP contribution is -2.37. The zero-order valence-electron chi connectivity index (χ0n) is 14.5. The molecule has 1 fully saturated rings. The summed E-state index contributed by atoms with van der Waals surface area (Å²) in [5.41, 5.74) is 3.16. The Bertz CT molecular complexity index is 688. The van der Waals surface area contributed by atoms with E-state index in [1.165, 1.54) is 5.56 Å². The van der Waals surface area contributed by atoms with Crippen LogP contribution in [-0.4, -0.2) is 30.5 Å². The van der Waals surface area contributed by atoms with Crippen molar-refractivity contribution in [2.75, 3.05) is 19.7 Å². The van der Waals surface area contributed by atoms with Gasteiger partial charge in [-0.2, -0.15) is 0 Å². The minimum absolute atomic E-state index is 0.132. The zero-order valence-corrected chi connectivity index (χ0v) is 14.5. The summed E-state index contributed by atoms with van der Waals surface area (Å²) in [5.74, 6) is 1.56. The highest BCUT2D eigenvalue weighted by atomic mass is 16.5. The fraction of sp³-hybridized carbons (Fsp3) is 0.381. The number of ether oxygens (including phenoxy) is 1. The predicted molar refractivity (Wildman–Crippen MR) is 96.7 cm³/mol. The fourth-order valence-corrected chi connectivity index (χ4v) is 3.42. The second kappa shape index (κ2) is 7.52. The minimum Gasteiger partial charge on any atom is -0.494 e. The molecule has 126 valence electrons. The fourth-order valence-electron chi connectivity index (χ4n) is 3.42. The summed E-state index contributed by atoms with van der Waals surface area (Å²) in [6.45, 7) is 6.25. The number of carbonyl (C=O) groups excluding carboxylic acids is 1. The Labute approximate surface area is 144 Å². The summed E-state index contributed by atoms with van der Waals surface area (Å²) < 4.78 is 5.56. The minimum atomic E-state index is 0.132. The van der Waals surface area contributed by atoms with E-state index in [2.05, 4.69) is 30.3 Å². The SMILES string of the molecule is CCOc1ccc(C(=O)N2CCC(c3ccccc3)CC2)cc1C. The number of nitrogens with zero attached hydrogens (tertiary/aromatic N) is 1. The number of hydrogen-bond acceptors (Lipinski definition) is 2. The van der Waals surface area contributed by atoms with Crippen LogP contribution >= 0.6 is 0 Å². The number of hydrogen-bond donors (Lipinski definition) is 0. The van der Waals surface area contributed by atoms with Crippen molar-refractivity contribution in [1.82, 2.24) is 4.90 Å². The van der Waals surface area contributed by atoms with E-state index in [1.54, 1.807) is 0 Å². The van der Waals surface area contributed by atoms with E-state index >= 15 is 0 Å². The highest BCUT2D eigenvalue weighted by Gasteiger charge is 2.24. The van der Waals surface area contributed by atoms with E-state index in [1.807, 2.05) is 36.9 Å². The van der Waals surface area contributed by atoms with Crippen LogP contribution in [0.15, 0.2) is 48.5 Å². The van der Waals surface area contributed by atoms with E-state index in [-0.39, 0.29) is 5.91 Å². The Balaban J connectivity index is 1.64. The first-order valence-electron chi connectivity index (χ1n) is 8.76. The summed E-state index contributed by atoms with van der Waals surface area (Å²) in [6.07, 6.45) is 2.07. The Kier molecular flexibility index (Phi) is 5.19. The third-order valence-electron chi connectivity index (χ3n) is 4.77. The molecule has 2 aromatic rings. The topological polar surface area (TPSA) is 29.5 Å². The van der Waals surface area contributed by atoms with Gasteiger partial charge in [0.25, 0.3) is 5.91 Å². The standard InChI is InChI=1S/C21H25NO2/c1-3-24-20-10-9-19(15-16(20)2)21(23)22-13-11-18(12-14-22)17-7-5-4-6-8-17/h4-10,15,18H,3,11-14H2,1-2H3. The van der Waals surface area contributed by atoms with E-state index in [0.29, 0.717) is 12.5 Å². The van der Waals surface area contributed by atoms with Gasteiger partial charge < -0.3 is 9.64 Å². The molecule has 0 N–H and O–H groups in total. The molecular formula is C21H25NO2. The smallest absolute Gasteiger partial charge is 0.253 e. The number of aryl methyl sites for hydroxylation is 1. The van der Waals surface area contributed by atoms with Crippen molar-refractivity contribution in [3.63, 3.8) is 0 Å². The van der Waals surface area contributed by atoms with Crippen LogP contribution in [0, 0.1) is 6.92 Å².